The van der Waals surface area contributed by atoms with Crippen LogP contribution in [-0.2, 0) is 19.2 Å². The number of hydrogen-bond acceptors (Lipinski definition) is 25. The van der Waals surface area contributed by atoms with Gasteiger partial charge >= 0.3 is 23.9 Å². The molecular weight excluding hydrogens is 1200 g/mol. The van der Waals surface area contributed by atoms with Gasteiger partial charge in [-0.05, 0) is 25.7 Å². The molecule has 90 heavy (non-hydrogen) atoms. The third-order valence-electron chi connectivity index (χ3n) is 10.9. The van der Waals surface area contributed by atoms with E-state index in [1.54, 1.807) is 0 Å². The molecule has 0 atom stereocenters. The zero-order chi connectivity index (χ0) is 71.9. The van der Waals surface area contributed by atoms with Crippen LogP contribution in [0.4, 0.5) is 0 Å². The van der Waals surface area contributed by atoms with Crippen molar-refractivity contribution in [2.75, 3.05) is 92.5 Å². The second-order valence-corrected chi connectivity index (χ2v) is 20.2. The highest BCUT2D eigenvalue weighted by Crippen LogP contribution is 2.11. The number of carbonyl (C=O) groups is 4. The molecule has 0 heterocycles. The predicted octanol–water partition coefficient (Wildman–Crippen LogP) is 1.17. The van der Waals surface area contributed by atoms with Gasteiger partial charge in [-0.25, -0.2) is 0 Å². The summed E-state index contributed by atoms with van der Waals surface area (Å²) in [5.41, 5.74) is 0. The molecule has 0 saturated heterocycles. The topological polar surface area (TPSA) is 574 Å². The number of aliphatic hydroxyl groups is 21. The number of aliphatic carboxylic acids is 4. The Balaban J connectivity index is -0.0000000861. The third kappa shape index (κ3) is 161. The summed E-state index contributed by atoms with van der Waals surface area (Å²) in [6.45, 7) is 3.69. The van der Waals surface area contributed by atoms with E-state index in [2.05, 4.69) is 27.7 Å². The van der Waals surface area contributed by atoms with E-state index in [1.807, 2.05) is 0 Å². The Hall–Kier alpha value is -2.96. The number of carboxylic acid groups (broad SMARTS) is 4. The second-order valence-electron chi connectivity index (χ2n) is 20.2. The smallest absolute Gasteiger partial charge is 0.303 e. The maximum atomic E-state index is 10.1. The van der Waals surface area contributed by atoms with Gasteiger partial charge in [-0.2, -0.15) is 0 Å². The average Bonchev–Trinajstić information content (AvgIpc) is 3.55. The highest BCUT2D eigenvalue weighted by atomic mass is 16.4. The van der Waals surface area contributed by atoms with Gasteiger partial charge < -0.3 is 128 Å². The first-order chi connectivity index (χ1) is 42.7. The Morgan fingerprint density at radius 3 is 0.344 bits per heavy atom. The minimum absolute atomic E-state index is 0.341. The predicted molar refractivity (Wildman–Crippen MR) is 342 cm³/mol. The summed E-state index contributed by atoms with van der Waals surface area (Å²) in [7, 11) is 0. The van der Waals surface area contributed by atoms with Crippen molar-refractivity contribution in [2.24, 2.45) is 0 Å². The highest BCUT2D eigenvalue weighted by Gasteiger charge is 2.01. The lowest BCUT2D eigenvalue weighted by Crippen LogP contribution is -2.15. The molecule has 0 aliphatic carbocycles. The van der Waals surface area contributed by atoms with Crippen molar-refractivity contribution in [3.05, 3.63) is 0 Å². The first kappa shape index (κ1) is 111. The van der Waals surface area contributed by atoms with Crippen molar-refractivity contribution < 1.29 is 147 Å². The normalized spacial score (nSPS) is 10.0. The summed E-state index contributed by atoms with van der Waals surface area (Å²) < 4.78 is 0. The van der Waals surface area contributed by atoms with Crippen LogP contribution in [0.2, 0.25) is 0 Å². The lowest BCUT2D eigenvalue weighted by molar-refractivity contribution is -0.138. The van der Waals surface area contributed by atoms with Gasteiger partial charge in [-0.1, -0.05) is 182 Å². The standard InChI is InChI=1S/4C10H20O2.7C3H8O3/c4*1-2-3-4-5-6-7-8-9-10(11)12;7*4-1-3(6)2-5/h4*2-9H2,1H3,(H,11,12);7*3-6H,1-2H2. The van der Waals surface area contributed by atoms with E-state index in [4.69, 9.17) is 128 Å². The Labute approximate surface area is 537 Å². The molecule has 0 fully saturated rings. The van der Waals surface area contributed by atoms with Crippen molar-refractivity contribution in [2.45, 2.75) is 276 Å². The van der Waals surface area contributed by atoms with Gasteiger partial charge in [0.1, 0.15) is 42.7 Å². The maximum absolute atomic E-state index is 10.1. The summed E-state index contributed by atoms with van der Waals surface area (Å²) in [5.74, 6) is -2.65. The molecule has 0 aromatic rings. The van der Waals surface area contributed by atoms with Gasteiger partial charge in [-0.3, -0.25) is 19.2 Å². The molecule has 0 bridgehead atoms. The molecule has 0 saturated carbocycles. The summed E-state index contributed by atoms with van der Waals surface area (Å²) in [6, 6.07) is 0. The van der Waals surface area contributed by atoms with Crippen molar-refractivity contribution in [3.63, 3.8) is 0 Å². The molecule has 0 spiro atoms. The fourth-order valence-electron chi connectivity index (χ4n) is 5.34. The van der Waals surface area contributed by atoms with Gasteiger partial charge in [0.05, 0.1) is 92.5 Å². The monoisotopic (exact) mass is 1330 g/mol. The molecule has 0 aliphatic rings. The van der Waals surface area contributed by atoms with E-state index >= 15 is 0 Å². The molecule has 29 heteroatoms. The Morgan fingerprint density at radius 1 is 0.189 bits per heavy atom. The molecule has 0 amide bonds. The zero-order valence-electron chi connectivity index (χ0n) is 55.4. The molecule has 0 aromatic heterocycles. The Morgan fingerprint density at radius 2 is 0.278 bits per heavy atom. The largest absolute Gasteiger partial charge is 0.481 e. The molecule has 0 aromatic carbocycles. The van der Waals surface area contributed by atoms with Gasteiger partial charge in [0.25, 0.3) is 0 Å². The van der Waals surface area contributed by atoms with Crippen molar-refractivity contribution in [1.82, 2.24) is 0 Å². The van der Waals surface area contributed by atoms with Gasteiger partial charge in [0, 0.05) is 25.7 Å². The Bertz CT molecular complexity index is 1010. The number of unbranched alkanes of at least 4 members (excludes halogenated alkanes) is 24. The quantitative estimate of drug-likeness (QED) is 0.0380. The van der Waals surface area contributed by atoms with Crippen LogP contribution in [0, 0.1) is 0 Å². The summed E-state index contributed by atoms with van der Waals surface area (Å²) in [6.07, 6.45) is 27.9. The van der Waals surface area contributed by atoms with E-state index in [0.29, 0.717) is 25.7 Å². The van der Waals surface area contributed by atoms with Crippen LogP contribution >= 0.6 is 0 Å². The van der Waals surface area contributed by atoms with Crippen LogP contribution in [-0.4, -0.2) is 287 Å². The molecule has 0 unspecified atom stereocenters. The van der Waals surface area contributed by atoms with Crippen LogP contribution in [0.5, 0.6) is 0 Å². The molecule has 554 valence electrons. The zero-order valence-corrected chi connectivity index (χ0v) is 55.4. The second kappa shape index (κ2) is 108. The van der Waals surface area contributed by atoms with Crippen molar-refractivity contribution in [1.29, 1.82) is 0 Å². The molecule has 0 radical (unpaired) electrons. The van der Waals surface area contributed by atoms with Crippen molar-refractivity contribution >= 4 is 23.9 Å². The summed E-state index contributed by atoms with van der Waals surface area (Å²) in [5, 5.41) is 202. The van der Waals surface area contributed by atoms with Crippen LogP contribution in [0.15, 0.2) is 0 Å². The average molecular weight is 1330 g/mol. The number of hydrogen-bond donors (Lipinski definition) is 25. The first-order valence-corrected chi connectivity index (χ1v) is 31.9. The number of rotatable bonds is 46. The van der Waals surface area contributed by atoms with E-state index in [9.17, 15) is 19.2 Å². The molecule has 29 nitrogen and oxygen atoms in total. The highest BCUT2D eigenvalue weighted by molar-refractivity contribution is 5.67. The minimum atomic E-state index is -0.954. The van der Waals surface area contributed by atoms with Crippen molar-refractivity contribution in [3.8, 4) is 0 Å². The maximum Gasteiger partial charge on any atom is 0.303 e. The summed E-state index contributed by atoms with van der Waals surface area (Å²) in [4.78, 5) is 40.5. The van der Waals surface area contributed by atoms with Crippen LogP contribution in [0.25, 0.3) is 0 Å². The lowest BCUT2D eigenvalue weighted by Gasteiger charge is -1.98. The van der Waals surface area contributed by atoms with Gasteiger partial charge in [0.15, 0.2) is 0 Å². The van der Waals surface area contributed by atoms with E-state index in [-0.39, 0.29) is 92.5 Å². The lowest BCUT2D eigenvalue weighted by atomic mass is 10.1. The molecule has 0 rings (SSSR count). The SMILES string of the molecule is CCCCCCCCCC(=O)O.CCCCCCCCCC(=O)O.CCCCCCCCCC(=O)O.CCCCCCCCCC(=O)O.OCC(O)CO.OCC(O)CO.OCC(O)CO.OCC(O)CO.OCC(O)CO.OCC(O)CO.OCC(O)CO. The molecular formula is C61H136O29. The van der Waals surface area contributed by atoms with E-state index in [1.165, 1.54) is 128 Å². The third-order valence-corrected chi connectivity index (χ3v) is 10.9. The Kier molecular flexibility index (Phi) is 133. The summed E-state index contributed by atoms with van der Waals surface area (Å²) >= 11 is 0. The van der Waals surface area contributed by atoms with Crippen LogP contribution in [0.3, 0.4) is 0 Å². The molecule has 25 N–H and O–H groups in total. The van der Waals surface area contributed by atoms with Gasteiger partial charge in [-0.15, -0.1) is 0 Å². The van der Waals surface area contributed by atoms with Gasteiger partial charge in [0.2, 0.25) is 0 Å². The fourth-order valence-corrected chi connectivity index (χ4v) is 5.34. The van der Waals surface area contributed by atoms with Crippen LogP contribution in [0.1, 0.15) is 233 Å². The number of carboxylic acids is 4. The minimum Gasteiger partial charge on any atom is -0.481 e. The fraction of sp³-hybridized carbons (Fsp3) is 0.934. The number of aliphatic hydroxyl groups excluding tert-OH is 21. The van der Waals surface area contributed by atoms with E-state index in [0.717, 1.165) is 51.4 Å². The first-order valence-electron chi connectivity index (χ1n) is 31.9. The van der Waals surface area contributed by atoms with Crippen LogP contribution < -0.4 is 0 Å². The molecule has 0 aliphatic heterocycles. The van der Waals surface area contributed by atoms with E-state index < -0.39 is 66.6 Å².